The van der Waals surface area contributed by atoms with Crippen molar-refractivity contribution in [3.8, 4) is 0 Å². The molecule has 1 aliphatic heterocycles. The zero-order valence-corrected chi connectivity index (χ0v) is 11.7. The highest BCUT2D eigenvalue weighted by Gasteiger charge is 2.28. The van der Waals surface area contributed by atoms with E-state index in [4.69, 9.17) is 0 Å². The lowest BCUT2D eigenvalue weighted by molar-refractivity contribution is 0.268. The number of hydrogen-bond donors (Lipinski definition) is 1. The van der Waals surface area contributed by atoms with Gasteiger partial charge in [0.1, 0.15) is 0 Å². The number of thioether (sulfide) groups is 1. The van der Waals surface area contributed by atoms with Crippen LogP contribution in [0.1, 0.15) is 48.0 Å². The van der Waals surface area contributed by atoms with Crippen LogP contribution in [0.5, 0.6) is 0 Å². The first-order chi connectivity index (χ1) is 6.68. The average molecular weight is 228 g/mol. The lowest BCUT2D eigenvalue weighted by atomic mass is 9.82. The summed E-state index contributed by atoms with van der Waals surface area (Å²) in [5.41, 5.74) is 0.486. The van der Waals surface area contributed by atoms with E-state index in [1.165, 1.54) is 0 Å². The molecule has 0 fully saturated rings. The lowest BCUT2D eigenvalue weighted by Crippen LogP contribution is -2.44. The van der Waals surface area contributed by atoms with E-state index >= 15 is 0 Å². The summed E-state index contributed by atoms with van der Waals surface area (Å²) >= 11 is 1.86. The Hall–Kier alpha value is -0.180. The topological polar surface area (TPSA) is 24.4 Å². The van der Waals surface area contributed by atoms with Crippen LogP contribution in [0.4, 0.5) is 0 Å². The van der Waals surface area contributed by atoms with E-state index in [1.54, 1.807) is 0 Å². The third-order valence-electron chi connectivity index (χ3n) is 2.22. The van der Waals surface area contributed by atoms with Gasteiger partial charge in [-0.2, -0.15) is 0 Å². The molecule has 3 heteroatoms. The third-order valence-corrected chi connectivity index (χ3v) is 3.23. The SMILES string of the molecule is CC1CN=C(NC(C)(C)CC(C)(C)C)S1. The fourth-order valence-corrected chi connectivity index (χ4v) is 3.22. The largest absolute Gasteiger partial charge is 0.360 e. The Morgan fingerprint density at radius 2 is 1.93 bits per heavy atom. The second-order valence-corrected chi connectivity index (χ2v) is 7.75. The molecule has 2 nitrogen and oxygen atoms in total. The number of hydrogen-bond acceptors (Lipinski definition) is 3. The van der Waals surface area contributed by atoms with E-state index in [0.29, 0.717) is 10.7 Å². The highest BCUT2D eigenvalue weighted by molar-refractivity contribution is 8.14. The quantitative estimate of drug-likeness (QED) is 0.784. The molecule has 1 atom stereocenters. The molecule has 88 valence electrons. The molecule has 1 N–H and O–H groups in total. The molecule has 0 aliphatic carbocycles. The molecule has 0 saturated carbocycles. The summed E-state index contributed by atoms with van der Waals surface area (Å²) in [4.78, 5) is 4.50. The third kappa shape index (κ3) is 4.92. The normalized spacial score (nSPS) is 22.8. The predicted octanol–water partition coefficient (Wildman–Crippen LogP) is 3.28. The minimum absolute atomic E-state index is 0.133. The molecule has 0 aromatic rings. The van der Waals surface area contributed by atoms with Crippen molar-refractivity contribution in [2.24, 2.45) is 10.4 Å². The Balaban J connectivity index is 2.49. The maximum absolute atomic E-state index is 4.50. The fraction of sp³-hybridized carbons (Fsp3) is 0.917. The van der Waals surface area contributed by atoms with Crippen molar-refractivity contribution in [3.63, 3.8) is 0 Å². The van der Waals surface area contributed by atoms with Gasteiger partial charge in [-0.1, -0.05) is 39.5 Å². The molecule has 1 unspecified atom stereocenters. The van der Waals surface area contributed by atoms with E-state index in [1.807, 2.05) is 11.8 Å². The maximum atomic E-state index is 4.50. The summed E-state index contributed by atoms with van der Waals surface area (Å²) in [5, 5.41) is 5.31. The van der Waals surface area contributed by atoms with Crippen LogP contribution >= 0.6 is 11.8 Å². The van der Waals surface area contributed by atoms with Crippen molar-refractivity contribution in [3.05, 3.63) is 0 Å². The van der Waals surface area contributed by atoms with E-state index < -0.39 is 0 Å². The van der Waals surface area contributed by atoms with Gasteiger partial charge in [0.05, 0.1) is 6.54 Å². The summed E-state index contributed by atoms with van der Waals surface area (Å²) in [6.45, 7) is 14.5. The molecule has 0 aromatic carbocycles. The van der Waals surface area contributed by atoms with Gasteiger partial charge in [-0.3, -0.25) is 4.99 Å². The van der Waals surface area contributed by atoms with Crippen LogP contribution in [0.15, 0.2) is 4.99 Å². The minimum Gasteiger partial charge on any atom is -0.360 e. The zero-order valence-electron chi connectivity index (χ0n) is 10.8. The zero-order chi connectivity index (χ0) is 11.7. The molecular weight excluding hydrogens is 204 g/mol. The van der Waals surface area contributed by atoms with Crippen LogP contribution in [0.2, 0.25) is 0 Å². The highest BCUT2D eigenvalue weighted by atomic mass is 32.2. The van der Waals surface area contributed by atoms with E-state index in [2.05, 4.69) is 51.9 Å². The van der Waals surface area contributed by atoms with Gasteiger partial charge in [-0.15, -0.1) is 0 Å². The van der Waals surface area contributed by atoms with Gasteiger partial charge in [0.25, 0.3) is 0 Å². The molecule has 15 heavy (non-hydrogen) atoms. The Morgan fingerprint density at radius 3 is 2.33 bits per heavy atom. The predicted molar refractivity (Wildman–Crippen MR) is 70.6 cm³/mol. The summed E-state index contributed by atoms with van der Waals surface area (Å²) in [7, 11) is 0. The second-order valence-electron chi connectivity index (χ2n) is 6.32. The van der Waals surface area contributed by atoms with Crippen LogP contribution in [0, 0.1) is 5.41 Å². The molecule has 0 radical (unpaired) electrons. The Kier molecular flexibility index (Phi) is 3.75. The van der Waals surface area contributed by atoms with Crippen molar-refractivity contribution in [2.75, 3.05) is 6.54 Å². The fourth-order valence-electron chi connectivity index (χ4n) is 2.21. The first-order valence-electron chi connectivity index (χ1n) is 5.67. The minimum atomic E-state index is 0.133. The second kappa shape index (κ2) is 4.36. The highest BCUT2D eigenvalue weighted by Crippen LogP contribution is 2.28. The number of aliphatic imine (C=N–C) groups is 1. The Morgan fingerprint density at radius 1 is 1.33 bits per heavy atom. The summed E-state index contributed by atoms with van der Waals surface area (Å²) in [6, 6.07) is 0. The monoisotopic (exact) mass is 228 g/mol. The average Bonchev–Trinajstić information content (AvgIpc) is 2.27. The van der Waals surface area contributed by atoms with Crippen LogP contribution in [0.3, 0.4) is 0 Å². The Bertz CT molecular complexity index is 251. The van der Waals surface area contributed by atoms with E-state index in [9.17, 15) is 0 Å². The van der Waals surface area contributed by atoms with Crippen LogP contribution < -0.4 is 5.32 Å². The molecule has 0 aromatic heterocycles. The molecule has 0 amide bonds. The van der Waals surface area contributed by atoms with Crippen molar-refractivity contribution < 1.29 is 0 Å². The van der Waals surface area contributed by atoms with Crippen LogP contribution in [-0.4, -0.2) is 22.5 Å². The summed E-state index contributed by atoms with van der Waals surface area (Å²) in [6.07, 6.45) is 1.15. The summed E-state index contributed by atoms with van der Waals surface area (Å²) in [5.74, 6) is 0. The molecule has 1 rings (SSSR count). The van der Waals surface area contributed by atoms with Gasteiger partial charge in [0.15, 0.2) is 5.17 Å². The summed E-state index contributed by atoms with van der Waals surface area (Å²) < 4.78 is 0. The van der Waals surface area contributed by atoms with E-state index in [0.717, 1.165) is 18.1 Å². The van der Waals surface area contributed by atoms with Crippen molar-refractivity contribution in [1.29, 1.82) is 0 Å². The first kappa shape index (κ1) is 12.9. The molecule has 1 heterocycles. The molecule has 1 aliphatic rings. The molecular formula is C12H24N2S. The van der Waals surface area contributed by atoms with Gasteiger partial charge in [-0.05, 0) is 25.7 Å². The standard InChI is InChI=1S/C12H24N2S/c1-9-7-13-10(15-9)14-12(5,6)8-11(2,3)4/h9H,7-8H2,1-6H3,(H,13,14). The Labute approximate surface area is 98.3 Å². The van der Waals surface area contributed by atoms with Crippen molar-refractivity contribution in [2.45, 2.75) is 58.8 Å². The van der Waals surface area contributed by atoms with Gasteiger partial charge in [0, 0.05) is 10.8 Å². The van der Waals surface area contributed by atoms with Crippen LogP contribution in [0.25, 0.3) is 0 Å². The number of nitrogens with one attached hydrogen (secondary N) is 1. The van der Waals surface area contributed by atoms with Crippen LogP contribution in [-0.2, 0) is 0 Å². The number of amidine groups is 1. The van der Waals surface area contributed by atoms with Crippen molar-refractivity contribution >= 4 is 16.9 Å². The van der Waals surface area contributed by atoms with Gasteiger partial charge < -0.3 is 5.32 Å². The van der Waals surface area contributed by atoms with Gasteiger partial charge >= 0.3 is 0 Å². The maximum Gasteiger partial charge on any atom is 0.157 e. The molecule has 0 spiro atoms. The first-order valence-corrected chi connectivity index (χ1v) is 6.55. The smallest absolute Gasteiger partial charge is 0.157 e. The molecule has 0 saturated heterocycles. The van der Waals surface area contributed by atoms with Gasteiger partial charge in [-0.25, -0.2) is 0 Å². The number of rotatable bonds is 2. The van der Waals surface area contributed by atoms with Gasteiger partial charge in [0.2, 0.25) is 0 Å². The number of nitrogens with zero attached hydrogens (tertiary/aromatic N) is 1. The van der Waals surface area contributed by atoms with E-state index in [-0.39, 0.29) is 5.54 Å². The lowest BCUT2D eigenvalue weighted by Gasteiger charge is -2.33. The van der Waals surface area contributed by atoms with Crippen molar-refractivity contribution in [1.82, 2.24) is 5.32 Å². The molecule has 0 bridgehead atoms.